The van der Waals surface area contributed by atoms with Crippen molar-refractivity contribution >= 4 is 40.2 Å². The fraction of sp³-hybridized carbons (Fsp3) is 0.105. The Morgan fingerprint density at radius 1 is 1.11 bits per heavy atom. The zero-order valence-corrected chi connectivity index (χ0v) is 16.2. The average molecular weight is 399 g/mol. The van der Waals surface area contributed by atoms with Crippen LogP contribution in [-0.4, -0.2) is 30.4 Å². The summed E-state index contributed by atoms with van der Waals surface area (Å²) in [5, 5.41) is 7.72. The molecule has 0 aliphatic heterocycles. The number of aromatic nitrogens is 1. The van der Waals surface area contributed by atoms with E-state index in [1.54, 1.807) is 18.2 Å². The van der Waals surface area contributed by atoms with Crippen molar-refractivity contribution in [3.63, 3.8) is 0 Å². The van der Waals surface area contributed by atoms with E-state index in [-0.39, 0.29) is 18.4 Å². The van der Waals surface area contributed by atoms with Gasteiger partial charge in [0.2, 0.25) is 5.91 Å². The van der Waals surface area contributed by atoms with E-state index < -0.39 is 0 Å². The molecule has 0 fully saturated rings. The number of thiazole rings is 1. The lowest BCUT2D eigenvalue weighted by molar-refractivity contribution is -0.115. The Bertz CT molecular complexity index is 928. The van der Waals surface area contributed by atoms with Crippen LogP contribution < -0.4 is 15.4 Å². The number of carbonyl (C=O) groups is 2. The first kappa shape index (κ1) is 19.1. The molecule has 0 radical (unpaired) electrons. The smallest absolute Gasteiger partial charge is 0.251 e. The normalized spacial score (nSPS) is 10.4. The summed E-state index contributed by atoms with van der Waals surface area (Å²) in [4.78, 5) is 29.6. The third-order valence-corrected chi connectivity index (χ3v) is 5.00. The van der Waals surface area contributed by atoms with Gasteiger partial charge in [-0.05, 0) is 37.2 Å². The second-order valence-electron chi connectivity index (χ2n) is 5.47. The van der Waals surface area contributed by atoms with Crippen molar-refractivity contribution in [3.8, 4) is 11.3 Å². The molecule has 3 rings (SSSR count). The van der Waals surface area contributed by atoms with E-state index in [1.807, 2.05) is 48.8 Å². The van der Waals surface area contributed by atoms with E-state index >= 15 is 0 Å². The van der Waals surface area contributed by atoms with Gasteiger partial charge in [-0.25, -0.2) is 4.98 Å². The van der Waals surface area contributed by atoms with E-state index in [2.05, 4.69) is 20.3 Å². The Hall–Kier alpha value is -2.68. The monoisotopic (exact) mass is 398 g/mol. The number of rotatable bonds is 7. The van der Waals surface area contributed by atoms with E-state index in [1.165, 1.54) is 23.3 Å². The van der Waals surface area contributed by atoms with Crippen LogP contribution in [0.2, 0.25) is 0 Å². The van der Waals surface area contributed by atoms with Crippen LogP contribution in [0.15, 0.2) is 64.9 Å². The lowest BCUT2D eigenvalue weighted by Crippen LogP contribution is -2.32. The van der Waals surface area contributed by atoms with Gasteiger partial charge >= 0.3 is 0 Å². The minimum atomic E-state index is -0.321. The van der Waals surface area contributed by atoms with Gasteiger partial charge in [-0.2, -0.15) is 0 Å². The molecule has 0 saturated carbocycles. The molecule has 0 unspecified atom stereocenters. The number of nitrogens with zero attached hydrogens (tertiary/aromatic N) is 1. The maximum Gasteiger partial charge on any atom is 0.251 e. The quantitative estimate of drug-likeness (QED) is 0.531. The van der Waals surface area contributed by atoms with Crippen molar-refractivity contribution in [1.29, 1.82) is 0 Å². The Balaban J connectivity index is 1.53. The summed E-state index contributed by atoms with van der Waals surface area (Å²) < 4.78 is 2.96. The van der Waals surface area contributed by atoms with Crippen LogP contribution in [0.4, 0.5) is 5.13 Å². The zero-order valence-electron chi connectivity index (χ0n) is 14.6. The molecule has 1 heterocycles. The molecule has 0 spiro atoms. The van der Waals surface area contributed by atoms with Crippen LogP contribution in [-0.2, 0) is 4.79 Å². The lowest BCUT2D eigenvalue weighted by Gasteiger charge is -2.06. The maximum atomic E-state index is 12.2. The molecule has 8 heteroatoms. The molecule has 0 aliphatic rings. The number of carbonyl (C=O) groups excluding carboxylic acids is 2. The van der Waals surface area contributed by atoms with Gasteiger partial charge in [0, 0.05) is 21.4 Å². The predicted molar refractivity (Wildman–Crippen MR) is 110 cm³/mol. The molecule has 0 aliphatic carbocycles. The topological polar surface area (TPSA) is 83.1 Å². The largest absolute Gasteiger partial charge is 0.343 e. The Labute approximate surface area is 165 Å². The second-order valence-corrected chi connectivity index (χ2v) is 7.41. The Morgan fingerprint density at radius 2 is 1.93 bits per heavy atom. The van der Waals surface area contributed by atoms with Crippen LogP contribution in [0, 0.1) is 0 Å². The molecule has 2 amide bonds. The Kier molecular flexibility index (Phi) is 6.59. The Morgan fingerprint density at radius 3 is 2.70 bits per heavy atom. The number of benzene rings is 2. The highest BCUT2D eigenvalue weighted by molar-refractivity contribution is 7.97. The summed E-state index contributed by atoms with van der Waals surface area (Å²) in [6, 6.07) is 16.9. The molecule has 0 atom stereocenters. The summed E-state index contributed by atoms with van der Waals surface area (Å²) in [6.45, 7) is -0.123. The second kappa shape index (κ2) is 9.31. The fourth-order valence-electron chi connectivity index (χ4n) is 2.32. The minimum Gasteiger partial charge on any atom is -0.343 e. The summed E-state index contributed by atoms with van der Waals surface area (Å²) in [5.41, 5.74) is 2.30. The number of anilines is 1. The number of hydrogen-bond donors (Lipinski definition) is 3. The maximum absolute atomic E-state index is 12.2. The lowest BCUT2D eigenvalue weighted by atomic mass is 10.2. The van der Waals surface area contributed by atoms with Gasteiger partial charge < -0.3 is 10.6 Å². The van der Waals surface area contributed by atoms with Crippen molar-refractivity contribution in [2.45, 2.75) is 4.90 Å². The van der Waals surface area contributed by atoms with Gasteiger partial charge in [0.15, 0.2) is 5.13 Å². The fourth-order valence-corrected chi connectivity index (χ4v) is 3.62. The molecule has 3 aromatic rings. The van der Waals surface area contributed by atoms with Gasteiger partial charge in [-0.3, -0.25) is 14.3 Å². The third kappa shape index (κ3) is 5.40. The first-order valence-corrected chi connectivity index (χ1v) is 9.88. The number of amides is 2. The van der Waals surface area contributed by atoms with Crippen LogP contribution in [0.3, 0.4) is 0 Å². The summed E-state index contributed by atoms with van der Waals surface area (Å²) in [5.74, 6) is -0.620. The van der Waals surface area contributed by atoms with Crippen LogP contribution in [0.5, 0.6) is 0 Å². The van der Waals surface area contributed by atoms with E-state index in [4.69, 9.17) is 0 Å². The highest BCUT2D eigenvalue weighted by Crippen LogP contribution is 2.24. The van der Waals surface area contributed by atoms with Crippen molar-refractivity contribution in [1.82, 2.24) is 15.0 Å². The van der Waals surface area contributed by atoms with Crippen molar-refractivity contribution < 1.29 is 9.59 Å². The van der Waals surface area contributed by atoms with Gasteiger partial charge in [0.05, 0.1) is 12.2 Å². The van der Waals surface area contributed by atoms with Gasteiger partial charge in [-0.1, -0.05) is 36.4 Å². The standard InChI is InChI=1S/C19H18N4O2S2/c1-20-27-15-9-5-8-14(10-15)18(25)21-11-17(24)23-19-22-16(12-26-19)13-6-3-2-4-7-13/h2-10,12,20H,11H2,1H3,(H,21,25)(H,22,23,24). The zero-order chi connectivity index (χ0) is 19.1. The SMILES string of the molecule is CNSc1cccc(C(=O)NCC(=O)Nc2nc(-c3ccccc3)cs2)c1. The first-order valence-electron chi connectivity index (χ1n) is 8.18. The minimum absolute atomic E-state index is 0.123. The molecule has 1 aromatic heterocycles. The molecule has 0 bridgehead atoms. The van der Waals surface area contributed by atoms with Crippen molar-refractivity contribution in [2.24, 2.45) is 0 Å². The van der Waals surface area contributed by atoms with Crippen LogP contribution in [0.1, 0.15) is 10.4 Å². The van der Waals surface area contributed by atoms with Crippen LogP contribution in [0.25, 0.3) is 11.3 Å². The van der Waals surface area contributed by atoms with Gasteiger partial charge in [-0.15, -0.1) is 11.3 Å². The molecule has 2 aromatic carbocycles. The first-order chi connectivity index (χ1) is 13.2. The van der Waals surface area contributed by atoms with Crippen molar-refractivity contribution in [3.05, 3.63) is 65.5 Å². The van der Waals surface area contributed by atoms with Gasteiger partial charge in [0.1, 0.15) is 0 Å². The number of hydrogen-bond acceptors (Lipinski definition) is 6. The molecular weight excluding hydrogens is 380 g/mol. The third-order valence-electron chi connectivity index (χ3n) is 3.55. The van der Waals surface area contributed by atoms with Gasteiger partial charge in [0.25, 0.3) is 5.91 Å². The molecule has 6 nitrogen and oxygen atoms in total. The van der Waals surface area contributed by atoms with E-state index in [0.29, 0.717) is 10.7 Å². The van der Waals surface area contributed by atoms with E-state index in [9.17, 15) is 9.59 Å². The highest BCUT2D eigenvalue weighted by Gasteiger charge is 2.11. The summed E-state index contributed by atoms with van der Waals surface area (Å²) >= 11 is 2.76. The van der Waals surface area contributed by atoms with Crippen LogP contribution >= 0.6 is 23.3 Å². The summed E-state index contributed by atoms with van der Waals surface area (Å²) in [6.07, 6.45) is 0. The molecule has 3 N–H and O–H groups in total. The molecule has 0 saturated heterocycles. The highest BCUT2D eigenvalue weighted by atomic mass is 32.2. The molecule has 27 heavy (non-hydrogen) atoms. The molecular formula is C19H18N4O2S2. The predicted octanol–water partition coefficient (Wildman–Crippen LogP) is 3.41. The van der Waals surface area contributed by atoms with E-state index in [0.717, 1.165) is 16.2 Å². The average Bonchev–Trinajstić information content (AvgIpc) is 3.16. The summed E-state index contributed by atoms with van der Waals surface area (Å²) in [7, 11) is 1.81. The molecule has 138 valence electrons. The van der Waals surface area contributed by atoms with Crippen molar-refractivity contribution in [2.75, 3.05) is 18.9 Å². The number of nitrogens with one attached hydrogen (secondary N) is 3.